The van der Waals surface area contributed by atoms with Crippen molar-refractivity contribution in [3.05, 3.63) is 58.6 Å². The van der Waals surface area contributed by atoms with Crippen LogP contribution < -0.4 is 10.2 Å². The second kappa shape index (κ2) is 9.83. The van der Waals surface area contributed by atoms with Crippen LogP contribution in [0.15, 0.2) is 53.0 Å². The van der Waals surface area contributed by atoms with Crippen LogP contribution in [0.25, 0.3) is 0 Å². The summed E-state index contributed by atoms with van der Waals surface area (Å²) in [5.74, 6) is -2.75. The van der Waals surface area contributed by atoms with E-state index in [-0.39, 0.29) is 28.1 Å². The van der Waals surface area contributed by atoms with E-state index in [9.17, 15) is 19.2 Å². The largest absolute Gasteiger partial charge is 0.452 e. The fourth-order valence-corrected chi connectivity index (χ4v) is 4.89. The van der Waals surface area contributed by atoms with Crippen LogP contribution in [0.5, 0.6) is 0 Å². The molecule has 0 aromatic heterocycles. The van der Waals surface area contributed by atoms with Crippen LogP contribution in [-0.2, 0) is 19.1 Å². The summed E-state index contributed by atoms with van der Waals surface area (Å²) in [4.78, 5) is 51.1. The molecule has 33 heavy (non-hydrogen) atoms. The molecule has 0 bridgehead atoms. The average Bonchev–Trinajstić information content (AvgIpc) is 3.03. The molecule has 1 aliphatic heterocycles. The Balaban J connectivity index is 1.36. The second-order valence-corrected chi connectivity index (χ2v) is 9.94. The van der Waals surface area contributed by atoms with Gasteiger partial charge in [0.25, 0.3) is 5.91 Å². The maximum Gasteiger partial charge on any atom is 0.338 e. The van der Waals surface area contributed by atoms with E-state index >= 15 is 0 Å². The number of alkyl halides is 2. The lowest BCUT2D eigenvalue weighted by Crippen LogP contribution is -2.34. The van der Waals surface area contributed by atoms with E-state index < -0.39 is 30.3 Å². The van der Waals surface area contributed by atoms with Crippen molar-refractivity contribution in [2.45, 2.75) is 23.6 Å². The zero-order valence-corrected chi connectivity index (χ0v) is 20.3. The van der Waals surface area contributed by atoms with Gasteiger partial charge in [0.15, 0.2) is 6.61 Å². The van der Waals surface area contributed by atoms with Gasteiger partial charge in [-0.3, -0.25) is 19.3 Å². The Hall–Kier alpha value is -2.42. The monoisotopic (exact) mass is 552 g/mol. The van der Waals surface area contributed by atoms with Crippen molar-refractivity contribution >= 4 is 74.2 Å². The highest BCUT2D eigenvalue weighted by Gasteiger charge is 2.52. The third-order valence-corrected chi connectivity index (χ3v) is 7.36. The van der Waals surface area contributed by atoms with Gasteiger partial charge in [-0.25, -0.2) is 4.79 Å². The predicted molar refractivity (Wildman–Crippen MR) is 127 cm³/mol. The zero-order chi connectivity index (χ0) is 23.7. The number of anilines is 2. The summed E-state index contributed by atoms with van der Waals surface area (Å²) in [7, 11) is 0. The van der Waals surface area contributed by atoms with E-state index in [1.807, 2.05) is 0 Å². The molecule has 2 fully saturated rings. The van der Waals surface area contributed by atoms with Crippen molar-refractivity contribution in [1.82, 2.24) is 0 Å². The fraction of sp³-hybridized carbons (Fsp3) is 0.304. The number of rotatable bonds is 5. The molecule has 2 aliphatic rings. The van der Waals surface area contributed by atoms with Gasteiger partial charge in [-0.1, -0.05) is 15.9 Å². The normalized spacial score (nSPS) is 24.4. The summed E-state index contributed by atoms with van der Waals surface area (Å²) in [5, 5.41) is 1.91. The molecule has 4 atom stereocenters. The number of esters is 1. The van der Waals surface area contributed by atoms with Crippen LogP contribution in [0, 0.1) is 11.8 Å². The fourth-order valence-electron chi connectivity index (χ4n) is 4.04. The minimum atomic E-state index is -0.699. The Morgan fingerprint density at radius 2 is 1.48 bits per heavy atom. The van der Waals surface area contributed by atoms with Gasteiger partial charge in [-0.15, -0.1) is 23.2 Å². The highest BCUT2D eigenvalue weighted by Crippen LogP contribution is 2.43. The molecule has 4 rings (SSSR count). The summed E-state index contributed by atoms with van der Waals surface area (Å²) in [5.41, 5.74) is 1.12. The average molecular weight is 554 g/mol. The molecule has 1 heterocycles. The molecular weight excluding hydrogens is 535 g/mol. The zero-order valence-electron chi connectivity index (χ0n) is 17.2. The molecule has 0 unspecified atom stereocenters. The van der Waals surface area contributed by atoms with Crippen molar-refractivity contribution in [2.75, 3.05) is 16.8 Å². The summed E-state index contributed by atoms with van der Waals surface area (Å²) in [6, 6.07) is 12.9. The smallest absolute Gasteiger partial charge is 0.338 e. The molecule has 2 aromatic rings. The Labute approximate surface area is 208 Å². The van der Waals surface area contributed by atoms with Crippen LogP contribution in [-0.4, -0.2) is 41.1 Å². The number of nitrogens with zero attached hydrogens (tertiary/aromatic N) is 1. The van der Waals surface area contributed by atoms with E-state index in [1.54, 1.807) is 24.3 Å². The Morgan fingerprint density at radius 1 is 0.939 bits per heavy atom. The lowest BCUT2D eigenvalue weighted by atomic mass is 9.80. The van der Waals surface area contributed by atoms with Crippen LogP contribution in [0.2, 0.25) is 0 Å². The van der Waals surface area contributed by atoms with E-state index in [0.717, 1.165) is 9.37 Å². The number of nitrogens with one attached hydrogen (secondary N) is 1. The van der Waals surface area contributed by atoms with E-state index in [1.165, 1.54) is 24.3 Å². The topological polar surface area (TPSA) is 92.8 Å². The number of carbonyl (C=O) groups is 4. The quantitative estimate of drug-likeness (QED) is 0.337. The SMILES string of the molecule is O=C(COC(=O)c1ccc(N2C(=O)[C@@H]3C[C@@H](Cl)[C@@H](Cl)C[C@H]3C2=O)cc1)Nc1ccc(Br)cc1. The van der Waals surface area contributed by atoms with Crippen molar-refractivity contribution in [1.29, 1.82) is 0 Å². The van der Waals surface area contributed by atoms with Gasteiger partial charge < -0.3 is 10.1 Å². The first-order valence-electron chi connectivity index (χ1n) is 10.2. The number of hydrogen-bond acceptors (Lipinski definition) is 5. The number of hydrogen-bond donors (Lipinski definition) is 1. The third-order valence-electron chi connectivity index (χ3n) is 5.74. The predicted octanol–water partition coefficient (Wildman–Crippen LogP) is 4.36. The molecule has 3 amide bonds. The maximum absolute atomic E-state index is 12.8. The first kappa shape index (κ1) is 23.7. The van der Waals surface area contributed by atoms with Gasteiger partial charge in [-0.05, 0) is 61.4 Å². The highest BCUT2D eigenvalue weighted by molar-refractivity contribution is 9.10. The highest BCUT2D eigenvalue weighted by atomic mass is 79.9. The van der Waals surface area contributed by atoms with Crippen molar-refractivity contribution in [3.63, 3.8) is 0 Å². The number of amides is 3. The number of halogens is 3. The lowest BCUT2D eigenvalue weighted by Gasteiger charge is -2.28. The van der Waals surface area contributed by atoms with Crippen molar-refractivity contribution in [3.8, 4) is 0 Å². The van der Waals surface area contributed by atoms with Gasteiger partial charge in [0.05, 0.1) is 33.8 Å². The van der Waals surface area contributed by atoms with E-state index in [4.69, 9.17) is 27.9 Å². The molecule has 0 radical (unpaired) electrons. The molecule has 1 saturated carbocycles. The summed E-state index contributed by atoms with van der Waals surface area (Å²) in [6.07, 6.45) is 0.711. The first-order valence-corrected chi connectivity index (χ1v) is 11.9. The van der Waals surface area contributed by atoms with Crippen molar-refractivity contribution < 1.29 is 23.9 Å². The van der Waals surface area contributed by atoms with Crippen molar-refractivity contribution in [2.24, 2.45) is 11.8 Å². The summed E-state index contributed by atoms with van der Waals surface area (Å²) < 4.78 is 5.93. The number of carbonyl (C=O) groups excluding carboxylic acids is 4. The Kier molecular flexibility index (Phi) is 7.07. The van der Waals surface area contributed by atoms with Crippen LogP contribution in [0.3, 0.4) is 0 Å². The molecular formula is C23H19BrCl2N2O5. The second-order valence-electron chi connectivity index (χ2n) is 7.91. The van der Waals surface area contributed by atoms with Crippen LogP contribution >= 0.6 is 39.1 Å². The van der Waals surface area contributed by atoms with Gasteiger partial charge >= 0.3 is 5.97 Å². The molecule has 10 heteroatoms. The number of imide groups is 1. The van der Waals surface area contributed by atoms with Crippen LogP contribution in [0.4, 0.5) is 11.4 Å². The molecule has 172 valence electrons. The summed E-state index contributed by atoms with van der Waals surface area (Å²) in [6.45, 7) is -0.456. The standard InChI is InChI=1S/C23H19BrCl2N2O5/c24-13-3-5-14(6-4-13)27-20(29)11-33-23(32)12-1-7-15(8-2-12)28-21(30)16-9-18(25)19(26)10-17(16)22(28)31/h1-8,16-19H,9-11H2,(H,27,29)/t16-,17-,18-,19+/m1/s1. The van der Waals surface area contributed by atoms with Gasteiger partial charge in [-0.2, -0.15) is 0 Å². The molecule has 2 aromatic carbocycles. The third kappa shape index (κ3) is 5.08. The minimum Gasteiger partial charge on any atom is -0.452 e. The molecule has 0 spiro atoms. The Bertz CT molecular complexity index is 1070. The van der Waals surface area contributed by atoms with Crippen LogP contribution in [0.1, 0.15) is 23.2 Å². The lowest BCUT2D eigenvalue weighted by molar-refractivity contribution is -0.122. The van der Waals surface area contributed by atoms with E-state index in [2.05, 4.69) is 21.2 Å². The summed E-state index contributed by atoms with van der Waals surface area (Å²) >= 11 is 15.7. The van der Waals surface area contributed by atoms with Gasteiger partial charge in [0.2, 0.25) is 11.8 Å². The van der Waals surface area contributed by atoms with Gasteiger partial charge in [0, 0.05) is 10.2 Å². The number of fused-ring (bicyclic) bond motifs is 1. The molecule has 1 saturated heterocycles. The number of benzene rings is 2. The van der Waals surface area contributed by atoms with Gasteiger partial charge in [0.1, 0.15) is 0 Å². The molecule has 7 nitrogen and oxygen atoms in total. The molecule has 1 aliphatic carbocycles. The number of ether oxygens (including phenoxy) is 1. The minimum absolute atomic E-state index is 0.188. The Morgan fingerprint density at radius 3 is 2.03 bits per heavy atom. The maximum atomic E-state index is 12.8. The molecule has 1 N–H and O–H groups in total. The first-order chi connectivity index (χ1) is 15.7. The van der Waals surface area contributed by atoms with E-state index in [0.29, 0.717) is 24.2 Å².